The van der Waals surface area contributed by atoms with Crippen molar-refractivity contribution in [2.75, 3.05) is 7.11 Å². The van der Waals surface area contributed by atoms with E-state index in [1.54, 1.807) is 16.7 Å². The fourth-order valence-corrected chi connectivity index (χ4v) is 2.39. The highest BCUT2D eigenvalue weighted by atomic mass is 16.6. The van der Waals surface area contributed by atoms with E-state index in [9.17, 15) is 14.9 Å². The summed E-state index contributed by atoms with van der Waals surface area (Å²) in [6.07, 6.45) is 1.72. The topological polar surface area (TPSA) is 111 Å². The van der Waals surface area contributed by atoms with Crippen LogP contribution in [0.1, 0.15) is 11.3 Å². The van der Waals surface area contributed by atoms with E-state index in [0.717, 1.165) is 5.56 Å². The number of rotatable bonds is 5. The van der Waals surface area contributed by atoms with Gasteiger partial charge in [0.25, 0.3) is 5.69 Å². The SMILES string of the molecule is COC(=O)Cc1nc2cc(C)ccn2c1N=Nc1cccc([N+](=O)[O-])c1. The second-order valence-corrected chi connectivity index (χ2v) is 5.54. The number of aromatic nitrogens is 2. The van der Waals surface area contributed by atoms with Crippen molar-refractivity contribution in [3.63, 3.8) is 0 Å². The third-order valence-electron chi connectivity index (χ3n) is 3.67. The van der Waals surface area contributed by atoms with Crippen molar-refractivity contribution in [2.24, 2.45) is 10.2 Å². The molecule has 0 aliphatic rings. The highest BCUT2D eigenvalue weighted by Crippen LogP contribution is 2.26. The van der Waals surface area contributed by atoms with Gasteiger partial charge >= 0.3 is 5.97 Å². The Hall–Kier alpha value is -3.62. The predicted octanol–water partition coefficient (Wildman–Crippen LogP) is 3.68. The van der Waals surface area contributed by atoms with E-state index in [1.165, 1.54) is 25.3 Å². The number of fused-ring (bicyclic) bond motifs is 1. The average Bonchev–Trinajstić information content (AvgIpc) is 2.96. The maximum atomic E-state index is 11.7. The second kappa shape index (κ2) is 7.09. The number of benzene rings is 1. The van der Waals surface area contributed by atoms with Crippen LogP contribution in [0.25, 0.3) is 5.65 Å². The molecule has 2 aromatic heterocycles. The van der Waals surface area contributed by atoms with Gasteiger partial charge in [0.2, 0.25) is 0 Å². The fraction of sp³-hybridized carbons (Fsp3) is 0.176. The summed E-state index contributed by atoms with van der Waals surface area (Å²) in [5, 5.41) is 19.1. The lowest BCUT2D eigenvalue weighted by molar-refractivity contribution is -0.384. The van der Waals surface area contributed by atoms with Crippen LogP contribution in [0.2, 0.25) is 0 Å². The number of methoxy groups -OCH3 is 1. The zero-order valence-electron chi connectivity index (χ0n) is 14.1. The smallest absolute Gasteiger partial charge is 0.311 e. The van der Waals surface area contributed by atoms with Gasteiger partial charge in [0.05, 0.1) is 29.8 Å². The van der Waals surface area contributed by atoms with Gasteiger partial charge in [-0.05, 0) is 30.7 Å². The summed E-state index contributed by atoms with van der Waals surface area (Å²) in [5.74, 6) is -0.0752. The quantitative estimate of drug-likeness (QED) is 0.300. The van der Waals surface area contributed by atoms with E-state index in [1.807, 2.05) is 19.1 Å². The minimum Gasteiger partial charge on any atom is -0.469 e. The normalized spacial score (nSPS) is 11.2. The van der Waals surface area contributed by atoms with Crippen molar-refractivity contribution < 1.29 is 14.5 Å². The molecule has 132 valence electrons. The number of imidazole rings is 1. The van der Waals surface area contributed by atoms with Gasteiger partial charge in [-0.2, -0.15) is 0 Å². The van der Waals surface area contributed by atoms with Crippen LogP contribution < -0.4 is 0 Å². The monoisotopic (exact) mass is 353 g/mol. The first kappa shape index (κ1) is 17.2. The Labute approximate surface area is 148 Å². The first-order valence-corrected chi connectivity index (χ1v) is 7.68. The number of nitro groups is 1. The van der Waals surface area contributed by atoms with Gasteiger partial charge in [-0.1, -0.05) is 6.07 Å². The molecule has 0 radical (unpaired) electrons. The van der Waals surface area contributed by atoms with Crippen molar-refractivity contribution in [2.45, 2.75) is 13.3 Å². The Balaban J connectivity index is 2.04. The minimum atomic E-state index is -0.501. The van der Waals surface area contributed by atoms with Crippen LogP contribution in [0.5, 0.6) is 0 Å². The molecule has 2 heterocycles. The maximum absolute atomic E-state index is 11.7. The number of ether oxygens (including phenoxy) is 1. The van der Waals surface area contributed by atoms with Crippen LogP contribution >= 0.6 is 0 Å². The highest BCUT2D eigenvalue weighted by molar-refractivity contribution is 5.74. The molecule has 3 aromatic rings. The largest absolute Gasteiger partial charge is 0.469 e. The van der Waals surface area contributed by atoms with Crippen molar-refractivity contribution in [3.05, 3.63) is 64.0 Å². The summed E-state index contributed by atoms with van der Waals surface area (Å²) in [6.45, 7) is 1.93. The lowest BCUT2D eigenvalue weighted by atomic mass is 10.3. The zero-order chi connectivity index (χ0) is 18.7. The van der Waals surface area contributed by atoms with Gasteiger partial charge in [-0.15, -0.1) is 10.2 Å². The number of carbonyl (C=O) groups is 1. The molecule has 0 saturated heterocycles. The molecule has 0 fully saturated rings. The number of carbonyl (C=O) groups excluding carboxylic acids is 1. The Morgan fingerprint density at radius 3 is 2.85 bits per heavy atom. The van der Waals surface area contributed by atoms with E-state index in [0.29, 0.717) is 22.8 Å². The minimum absolute atomic E-state index is 0.0550. The number of pyridine rings is 1. The van der Waals surface area contributed by atoms with Crippen molar-refractivity contribution >= 4 is 28.8 Å². The average molecular weight is 353 g/mol. The first-order valence-electron chi connectivity index (χ1n) is 7.68. The molecule has 0 unspecified atom stereocenters. The van der Waals surface area contributed by atoms with E-state index < -0.39 is 10.9 Å². The van der Waals surface area contributed by atoms with Gasteiger partial charge in [0.1, 0.15) is 5.65 Å². The van der Waals surface area contributed by atoms with Crippen LogP contribution in [0.4, 0.5) is 17.2 Å². The van der Waals surface area contributed by atoms with Crippen LogP contribution in [0.15, 0.2) is 52.8 Å². The number of hydrogen-bond donors (Lipinski definition) is 0. The zero-order valence-corrected chi connectivity index (χ0v) is 14.1. The summed E-state index contributed by atoms with van der Waals surface area (Å²) in [7, 11) is 1.30. The molecular formula is C17H15N5O4. The van der Waals surface area contributed by atoms with Gasteiger partial charge in [0.15, 0.2) is 5.82 Å². The van der Waals surface area contributed by atoms with E-state index >= 15 is 0 Å². The number of non-ortho nitro benzene ring substituents is 1. The molecule has 0 atom stereocenters. The molecule has 9 nitrogen and oxygen atoms in total. The molecule has 3 rings (SSSR count). The summed E-state index contributed by atoms with van der Waals surface area (Å²) >= 11 is 0. The van der Waals surface area contributed by atoms with E-state index in [-0.39, 0.29) is 12.1 Å². The third-order valence-corrected chi connectivity index (χ3v) is 3.67. The molecule has 1 aromatic carbocycles. The van der Waals surface area contributed by atoms with Crippen molar-refractivity contribution in [1.82, 2.24) is 9.38 Å². The summed E-state index contributed by atoms with van der Waals surface area (Å²) in [6, 6.07) is 9.55. The number of aryl methyl sites for hydroxylation is 1. The molecule has 0 spiro atoms. The van der Waals surface area contributed by atoms with E-state index in [4.69, 9.17) is 4.74 Å². The number of azo groups is 1. The summed E-state index contributed by atoms with van der Waals surface area (Å²) in [4.78, 5) is 26.4. The molecule has 0 bridgehead atoms. The van der Waals surface area contributed by atoms with Crippen LogP contribution in [-0.4, -0.2) is 27.4 Å². The Morgan fingerprint density at radius 2 is 2.12 bits per heavy atom. The van der Waals surface area contributed by atoms with Crippen LogP contribution in [-0.2, 0) is 16.0 Å². The molecule has 26 heavy (non-hydrogen) atoms. The van der Waals surface area contributed by atoms with E-state index in [2.05, 4.69) is 15.2 Å². The molecule has 9 heteroatoms. The molecule has 0 aliphatic heterocycles. The van der Waals surface area contributed by atoms with Crippen molar-refractivity contribution in [3.8, 4) is 0 Å². The first-order chi connectivity index (χ1) is 12.5. The van der Waals surface area contributed by atoms with Crippen LogP contribution in [0, 0.1) is 17.0 Å². The summed E-state index contributed by atoms with van der Waals surface area (Å²) < 4.78 is 6.40. The van der Waals surface area contributed by atoms with Gasteiger partial charge in [-0.3, -0.25) is 19.3 Å². The standard InChI is InChI=1S/C17H15N5O4/c1-11-6-7-21-15(8-11)18-14(10-16(23)26-2)17(21)20-19-12-4-3-5-13(9-12)22(24)25/h3-9H,10H2,1-2H3. The summed E-state index contributed by atoms with van der Waals surface area (Å²) in [5.41, 5.74) is 2.29. The Morgan fingerprint density at radius 1 is 1.31 bits per heavy atom. The van der Waals surface area contributed by atoms with Gasteiger partial charge < -0.3 is 4.74 Å². The number of nitro benzene ring substituents is 1. The molecule has 0 N–H and O–H groups in total. The second-order valence-electron chi connectivity index (χ2n) is 5.54. The van der Waals surface area contributed by atoms with Gasteiger partial charge in [0, 0.05) is 18.3 Å². The molecule has 0 amide bonds. The molecule has 0 saturated carbocycles. The Kier molecular flexibility index (Phi) is 4.70. The maximum Gasteiger partial charge on any atom is 0.311 e. The molecular weight excluding hydrogens is 338 g/mol. The van der Waals surface area contributed by atoms with Crippen LogP contribution in [0.3, 0.4) is 0 Å². The highest BCUT2D eigenvalue weighted by Gasteiger charge is 2.16. The predicted molar refractivity (Wildman–Crippen MR) is 92.9 cm³/mol. The Bertz CT molecular complexity index is 1030. The lowest BCUT2D eigenvalue weighted by Crippen LogP contribution is -2.04. The van der Waals surface area contributed by atoms with Crippen molar-refractivity contribution in [1.29, 1.82) is 0 Å². The lowest BCUT2D eigenvalue weighted by Gasteiger charge is -1.99. The number of hydrogen-bond acceptors (Lipinski definition) is 7. The third kappa shape index (κ3) is 3.56. The number of esters is 1. The van der Waals surface area contributed by atoms with Gasteiger partial charge in [-0.25, -0.2) is 4.98 Å². The number of nitrogens with zero attached hydrogens (tertiary/aromatic N) is 5. The molecule has 0 aliphatic carbocycles. The fourth-order valence-electron chi connectivity index (χ4n) is 2.39.